The summed E-state index contributed by atoms with van der Waals surface area (Å²) in [6, 6.07) is 11.7. The van der Waals surface area contributed by atoms with Crippen molar-refractivity contribution in [1.29, 1.82) is 0 Å². The van der Waals surface area contributed by atoms with Crippen molar-refractivity contribution >= 4 is 53.8 Å². The molecule has 7 nitrogen and oxygen atoms in total. The lowest BCUT2D eigenvalue weighted by atomic mass is 10.2. The Balaban J connectivity index is 0.00000320. The summed E-state index contributed by atoms with van der Waals surface area (Å²) in [4.78, 5) is 12.3. The van der Waals surface area contributed by atoms with E-state index in [4.69, 9.17) is 11.6 Å². The van der Waals surface area contributed by atoms with E-state index in [1.807, 2.05) is 0 Å². The van der Waals surface area contributed by atoms with Gasteiger partial charge in [-0.3, -0.25) is 0 Å². The maximum absolute atomic E-state index is 12.9. The summed E-state index contributed by atoms with van der Waals surface area (Å²) < 4.78 is 38.6. The molecule has 2 aromatic carbocycles. The predicted molar refractivity (Wildman–Crippen MR) is 114 cm³/mol. The fourth-order valence-electron chi connectivity index (χ4n) is 2.21. The SMILES string of the molecule is CNc1nc(NN=Cc2ccc(Cl)cc2)nc(Nc2cccc(C(F)(F)F)c2)n1.Cl. The van der Waals surface area contributed by atoms with Crippen molar-refractivity contribution in [3.8, 4) is 0 Å². The molecule has 0 atom stereocenters. The monoisotopic (exact) mass is 457 g/mol. The van der Waals surface area contributed by atoms with Crippen molar-refractivity contribution in [2.75, 3.05) is 23.1 Å². The molecule has 0 spiro atoms. The van der Waals surface area contributed by atoms with Gasteiger partial charge in [0.05, 0.1) is 11.8 Å². The summed E-state index contributed by atoms with van der Waals surface area (Å²) in [5, 5.41) is 10.1. The first kappa shape index (κ1) is 23.2. The third-order valence-electron chi connectivity index (χ3n) is 3.55. The molecule has 0 aliphatic rings. The number of hydrogen-bond acceptors (Lipinski definition) is 7. The number of nitrogens with one attached hydrogen (secondary N) is 3. The van der Waals surface area contributed by atoms with Crippen LogP contribution in [0, 0.1) is 0 Å². The van der Waals surface area contributed by atoms with E-state index in [1.54, 1.807) is 37.5 Å². The van der Waals surface area contributed by atoms with Gasteiger partial charge in [-0.15, -0.1) is 12.4 Å². The highest BCUT2D eigenvalue weighted by Crippen LogP contribution is 2.31. The quantitative estimate of drug-likeness (QED) is 0.348. The number of aromatic nitrogens is 3. The van der Waals surface area contributed by atoms with E-state index >= 15 is 0 Å². The Morgan fingerprint density at radius 2 is 1.63 bits per heavy atom. The van der Waals surface area contributed by atoms with E-state index in [2.05, 4.69) is 36.1 Å². The summed E-state index contributed by atoms with van der Waals surface area (Å²) in [6.07, 6.45) is -2.91. The van der Waals surface area contributed by atoms with Gasteiger partial charge in [-0.25, -0.2) is 5.43 Å². The van der Waals surface area contributed by atoms with Crippen LogP contribution >= 0.6 is 24.0 Å². The first-order chi connectivity index (χ1) is 13.8. The molecule has 0 aliphatic carbocycles. The van der Waals surface area contributed by atoms with Gasteiger partial charge in [-0.05, 0) is 35.9 Å². The second-order valence-corrected chi connectivity index (χ2v) is 6.12. The summed E-state index contributed by atoms with van der Waals surface area (Å²) in [5.41, 5.74) is 2.86. The van der Waals surface area contributed by atoms with Crippen LogP contribution in [0.1, 0.15) is 11.1 Å². The minimum Gasteiger partial charge on any atom is -0.357 e. The summed E-state index contributed by atoms with van der Waals surface area (Å²) in [6.45, 7) is 0. The normalized spacial score (nSPS) is 11.1. The zero-order valence-corrected chi connectivity index (χ0v) is 17.0. The predicted octanol–water partition coefficient (Wildman–Crippen LogP) is 5.20. The van der Waals surface area contributed by atoms with Crippen LogP contribution in [0.3, 0.4) is 0 Å². The van der Waals surface area contributed by atoms with Crippen LogP contribution in [-0.4, -0.2) is 28.2 Å². The van der Waals surface area contributed by atoms with Crippen LogP contribution in [0.25, 0.3) is 0 Å². The Morgan fingerprint density at radius 1 is 0.967 bits per heavy atom. The van der Waals surface area contributed by atoms with Crippen molar-refractivity contribution in [2.24, 2.45) is 5.10 Å². The van der Waals surface area contributed by atoms with Gasteiger partial charge in [0.2, 0.25) is 17.8 Å². The topological polar surface area (TPSA) is 87.1 Å². The number of rotatable bonds is 6. The molecule has 0 bridgehead atoms. The number of benzene rings is 2. The molecular weight excluding hydrogens is 442 g/mol. The fourth-order valence-corrected chi connectivity index (χ4v) is 2.34. The number of alkyl halides is 3. The highest BCUT2D eigenvalue weighted by Gasteiger charge is 2.30. The molecule has 0 saturated heterocycles. The second-order valence-electron chi connectivity index (χ2n) is 5.68. The zero-order chi connectivity index (χ0) is 20.9. The maximum atomic E-state index is 12.9. The molecule has 0 unspecified atom stereocenters. The number of hydrogen-bond donors (Lipinski definition) is 3. The number of hydrazone groups is 1. The Bertz CT molecular complexity index is 1010. The van der Waals surface area contributed by atoms with Crippen LogP contribution in [-0.2, 0) is 6.18 Å². The van der Waals surface area contributed by atoms with Crippen molar-refractivity contribution in [2.45, 2.75) is 6.18 Å². The van der Waals surface area contributed by atoms with Crippen LogP contribution in [0.5, 0.6) is 0 Å². The maximum Gasteiger partial charge on any atom is 0.416 e. The number of anilines is 4. The van der Waals surface area contributed by atoms with E-state index in [0.29, 0.717) is 5.02 Å². The van der Waals surface area contributed by atoms with Crippen LogP contribution in [0.15, 0.2) is 53.6 Å². The lowest BCUT2D eigenvalue weighted by molar-refractivity contribution is -0.137. The average molecular weight is 458 g/mol. The van der Waals surface area contributed by atoms with Crippen LogP contribution in [0.4, 0.5) is 36.7 Å². The molecule has 12 heteroatoms. The first-order valence-electron chi connectivity index (χ1n) is 8.26. The highest BCUT2D eigenvalue weighted by atomic mass is 35.5. The van der Waals surface area contributed by atoms with Gasteiger partial charge < -0.3 is 10.6 Å². The molecule has 0 fully saturated rings. The average Bonchev–Trinajstić information content (AvgIpc) is 2.69. The third kappa shape index (κ3) is 6.46. The third-order valence-corrected chi connectivity index (χ3v) is 3.81. The second kappa shape index (κ2) is 10.1. The molecule has 1 heterocycles. The summed E-state index contributed by atoms with van der Waals surface area (Å²) >= 11 is 5.83. The van der Waals surface area contributed by atoms with Crippen LogP contribution < -0.4 is 16.1 Å². The van der Waals surface area contributed by atoms with Gasteiger partial charge in [-0.2, -0.15) is 33.2 Å². The van der Waals surface area contributed by atoms with E-state index in [9.17, 15) is 13.2 Å². The largest absolute Gasteiger partial charge is 0.416 e. The minimum absolute atomic E-state index is 0. The molecule has 3 N–H and O–H groups in total. The van der Waals surface area contributed by atoms with E-state index < -0.39 is 11.7 Å². The smallest absolute Gasteiger partial charge is 0.357 e. The van der Waals surface area contributed by atoms with E-state index in [0.717, 1.165) is 17.7 Å². The van der Waals surface area contributed by atoms with Crippen molar-refractivity contribution in [3.05, 3.63) is 64.7 Å². The van der Waals surface area contributed by atoms with E-state index in [-0.39, 0.29) is 35.9 Å². The van der Waals surface area contributed by atoms with E-state index in [1.165, 1.54) is 12.1 Å². The van der Waals surface area contributed by atoms with Gasteiger partial charge in [0.1, 0.15) is 0 Å². The zero-order valence-electron chi connectivity index (χ0n) is 15.4. The number of halogens is 5. The van der Waals surface area contributed by atoms with Gasteiger partial charge in [-0.1, -0.05) is 29.8 Å². The van der Waals surface area contributed by atoms with Gasteiger partial charge >= 0.3 is 6.18 Å². The molecule has 3 aromatic rings. The molecule has 0 radical (unpaired) electrons. The summed E-state index contributed by atoms with van der Waals surface area (Å²) in [7, 11) is 1.60. The molecule has 1 aromatic heterocycles. The van der Waals surface area contributed by atoms with Crippen LogP contribution in [0.2, 0.25) is 5.02 Å². The number of nitrogens with zero attached hydrogens (tertiary/aromatic N) is 4. The molecule has 0 aliphatic heterocycles. The Hall–Kier alpha value is -3.11. The Morgan fingerprint density at radius 3 is 2.30 bits per heavy atom. The molecular formula is C18H16Cl2F3N7. The van der Waals surface area contributed by atoms with Crippen molar-refractivity contribution in [1.82, 2.24) is 15.0 Å². The molecule has 30 heavy (non-hydrogen) atoms. The standard InChI is InChI=1S/C18H15ClF3N7.ClH/c1-23-15-26-16(25-14-4-2-3-12(9-14)18(20,21)22)28-17(27-15)29-24-10-11-5-7-13(19)8-6-11;/h2-10H,1H3,(H3,23,25,26,27,28,29);1H. The lowest BCUT2D eigenvalue weighted by Crippen LogP contribution is -2.08. The van der Waals surface area contributed by atoms with Gasteiger partial charge in [0, 0.05) is 17.8 Å². The fraction of sp³-hybridized carbons (Fsp3) is 0.111. The van der Waals surface area contributed by atoms with Gasteiger partial charge in [0.25, 0.3) is 0 Å². The highest BCUT2D eigenvalue weighted by molar-refractivity contribution is 6.30. The van der Waals surface area contributed by atoms with Gasteiger partial charge in [0.15, 0.2) is 0 Å². The molecule has 3 rings (SSSR count). The molecule has 0 saturated carbocycles. The molecule has 0 amide bonds. The first-order valence-corrected chi connectivity index (χ1v) is 8.64. The van der Waals surface area contributed by atoms with Crippen molar-refractivity contribution < 1.29 is 13.2 Å². The summed E-state index contributed by atoms with van der Waals surface area (Å²) in [5.74, 6) is 0.357. The van der Waals surface area contributed by atoms with Crippen molar-refractivity contribution in [3.63, 3.8) is 0 Å². The Kier molecular flexibility index (Phi) is 7.79. The Labute approximate surface area is 181 Å². The minimum atomic E-state index is -4.45. The lowest BCUT2D eigenvalue weighted by Gasteiger charge is -2.11. The molecule has 158 valence electrons.